The molecule has 5 heteroatoms. The minimum Gasteiger partial charge on any atom is -0.550 e. The Hall–Kier alpha value is -1.07. The van der Waals surface area contributed by atoms with Crippen molar-refractivity contribution in [1.82, 2.24) is 0 Å². The van der Waals surface area contributed by atoms with Gasteiger partial charge in [-0.3, -0.25) is 0 Å². The number of methoxy groups -OCH3 is 1. The van der Waals surface area contributed by atoms with Crippen molar-refractivity contribution in [1.29, 1.82) is 0 Å². The number of carboxylic acid groups (broad SMARTS) is 1. The van der Waals surface area contributed by atoms with Crippen LogP contribution in [0.15, 0.2) is 36.4 Å². The standard InChI is InChI=1S/C14H14O3.Na.H2O/c1-9(14(15)16)10-3-4-12-8-13(17-2)6-5-11(12)7-10;;/h3-9H,1-2H3,(H,15,16);;1H2/q;+1;/p-1/t9-;;/m0../s1. The van der Waals surface area contributed by atoms with E-state index in [1.165, 1.54) is 0 Å². The first-order valence-electron chi connectivity index (χ1n) is 5.40. The van der Waals surface area contributed by atoms with Crippen LogP contribution < -0.4 is 39.4 Å². The molecule has 0 aliphatic carbocycles. The number of hydrogen-bond donors (Lipinski definition) is 0. The Morgan fingerprint density at radius 1 is 1.16 bits per heavy atom. The van der Waals surface area contributed by atoms with E-state index in [0.29, 0.717) is 0 Å². The minimum atomic E-state index is -1.06. The summed E-state index contributed by atoms with van der Waals surface area (Å²) in [5.74, 6) is -0.863. The van der Waals surface area contributed by atoms with Crippen molar-refractivity contribution in [2.45, 2.75) is 12.8 Å². The molecule has 1 atom stereocenters. The fraction of sp³-hybridized carbons (Fsp3) is 0.214. The van der Waals surface area contributed by atoms with Gasteiger partial charge in [0, 0.05) is 11.9 Å². The van der Waals surface area contributed by atoms with Gasteiger partial charge in [-0.15, -0.1) is 0 Å². The predicted octanol–water partition coefficient (Wildman–Crippen LogP) is -2.12. The van der Waals surface area contributed by atoms with E-state index in [-0.39, 0.29) is 35.0 Å². The number of aliphatic carboxylic acids is 1. The Kier molecular flexibility index (Phi) is 7.08. The molecular formula is C14H15NaO4. The van der Waals surface area contributed by atoms with E-state index < -0.39 is 11.9 Å². The first kappa shape index (κ1) is 17.9. The molecule has 0 saturated carbocycles. The summed E-state index contributed by atoms with van der Waals surface area (Å²) in [5.41, 5.74) is 0.752. The first-order valence-corrected chi connectivity index (χ1v) is 5.40. The Bertz CT molecular complexity index is 568. The second kappa shape index (κ2) is 7.50. The summed E-state index contributed by atoms with van der Waals surface area (Å²) in [7, 11) is 1.62. The van der Waals surface area contributed by atoms with Gasteiger partial charge in [-0.25, -0.2) is 0 Å². The van der Waals surface area contributed by atoms with Gasteiger partial charge in [0.25, 0.3) is 0 Å². The van der Waals surface area contributed by atoms with Gasteiger partial charge in [0.05, 0.1) is 7.11 Å². The predicted molar refractivity (Wildman–Crippen MR) is 67.5 cm³/mol. The average molecular weight is 270 g/mol. The van der Waals surface area contributed by atoms with Crippen LogP contribution in [0, 0.1) is 0 Å². The molecule has 0 bridgehead atoms. The van der Waals surface area contributed by atoms with Crippen molar-refractivity contribution < 1.29 is 49.7 Å². The van der Waals surface area contributed by atoms with E-state index in [0.717, 1.165) is 22.1 Å². The van der Waals surface area contributed by atoms with E-state index >= 15 is 0 Å². The van der Waals surface area contributed by atoms with E-state index in [1.54, 1.807) is 14.0 Å². The van der Waals surface area contributed by atoms with Crippen LogP contribution in [-0.4, -0.2) is 18.6 Å². The van der Waals surface area contributed by atoms with Gasteiger partial charge in [0.2, 0.25) is 0 Å². The molecule has 0 unspecified atom stereocenters. The molecule has 0 radical (unpaired) electrons. The quantitative estimate of drug-likeness (QED) is 0.598. The van der Waals surface area contributed by atoms with Gasteiger partial charge in [-0.2, -0.15) is 0 Å². The Labute approximate surface area is 134 Å². The molecular weight excluding hydrogens is 255 g/mol. The van der Waals surface area contributed by atoms with Crippen molar-refractivity contribution in [3.8, 4) is 5.75 Å². The van der Waals surface area contributed by atoms with Crippen molar-refractivity contribution in [3.63, 3.8) is 0 Å². The third-order valence-corrected chi connectivity index (χ3v) is 2.93. The molecule has 0 aromatic heterocycles. The summed E-state index contributed by atoms with van der Waals surface area (Å²) in [6, 6.07) is 11.3. The molecule has 0 fully saturated rings. The van der Waals surface area contributed by atoms with Crippen molar-refractivity contribution >= 4 is 16.7 Å². The summed E-state index contributed by atoms with van der Waals surface area (Å²) >= 11 is 0. The fourth-order valence-electron chi connectivity index (χ4n) is 1.77. The van der Waals surface area contributed by atoms with Crippen LogP contribution in [0.5, 0.6) is 5.75 Å². The van der Waals surface area contributed by atoms with Crippen LogP contribution in [0.3, 0.4) is 0 Å². The molecule has 0 aliphatic heterocycles. The Morgan fingerprint density at radius 2 is 1.74 bits per heavy atom. The van der Waals surface area contributed by atoms with Gasteiger partial charge < -0.3 is 20.1 Å². The number of rotatable bonds is 3. The van der Waals surface area contributed by atoms with Crippen LogP contribution in [-0.2, 0) is 4.79 Å². The number of benzene rings is 2. The van der Waals surface area contributed by atoms with E-state index in [4.69, 9.17) is 4.74 Å². The molecule has 2 N–H and O–H groups in total. The van der Waals surface area contributed by atoms with Gasteiger partial charge >= 0.3 is 29.6 Å². The molecule has 2 aromatic carbocycles. The SMILES string of the molecule is COc1ccc2cc([C@H](C)C(=O)[O-])ccc2c1.O.[Na+]. The topological polar surface area (TPSA) is 80.9 Å². The fourth-order valence-corrected chi connectivity index (χ4v) is 1.77. The normalized spacial score (nSPS) is 11.1. The monoisotopic (exact) mass is 270 g/mol. The molecule has 0 aliphatic rings. The summed E-state index contributed by atoms with van der Waals surface area (Å²) in [6.45, 7) is 1.63. The second-order valence-electron chi connectivity index (χ2n) is 4.01. The van der Waals surface area contributed by atoms with Crippen molar-refractivity contribution in [2.24, 2.45) is 0 Å². The molecule has 0 amide bonds. The Balaban J connectivity index is 0.00000162. The molecule has 19 heavy (non-hydrogen) atoms. The molecule has 0 heterocycles. The van der Waals surface area contributed by atoms with Crippen LogP contribution in [0.2, 0.25) is 0 Å². The molecule has 2 aromatic rings. The number of ether oxygens (including phenoxy) is 1. The van der Waals surface area contributed by atoms with Crippen LogP contribution in [0.4, 0.5) is 0 Å². The summed E-state index contributed by atoms with van der Waals surface area (Å²) in [6.07, 6.45) is 0. The van der Waals surface area contributed by atoms with E-state index in [9.17, 15) is 9.90 Å². The molecule has 0 spiro atoms. The summed E-state index contributed by atoms with van der Waals surface area (Å²) < 4.78 is 5.13. The van der Waals surface area contributed by atoms with Crippen molar-refractivity contribution in [3.05, 3.63) is 42.0 Å². The third-order valence-electron chi connectivity index (χ3n) is 2.93. The summed E-state index contributed by atoms with van der Waals surface area (Å²) in [5, 5.41) is 12.8. The number of hydrogen-bond acceptors (Lipinski definition) is 3. The zero-order valence-electron chi connectivity index (χ0n) is 11.3. The van der Waals surface area contributed by atoms with Crippen LogP contribution in [0.25, 0.3) is 10.8 Å². The van der Waals surface area contributed by atoms with Gasteiger partial charge in [0.15, 0.2) is 0 Å². The third kappa shape index (κ3) is 3.94. The van der Waals surface area contributed by atoms with Crippen LogP contribution >= 0.6 is 0 Å². The Morgan fingerprint density at radius 3 is 2.32 bits per heavy atom. The molecule has 2 rings (SSSR count). The van der Waals surface area contributed by atoms with E-state index in [2.05, 4.69) is 0 Å². The van der Waals surface area contributed by atoms with Gasteiger partial charge in [-0.1, -0.05) is 31.2 Å². The van der Waals surface area contributed by atoms with Crippen molar-refractivity contribution in [2.75, 3.05) is 7.11 Å². The minimum absolute atomic E-state index is 0. The zero-order valence-corrected chi connectivity index (χ0v) is 13.3. The second-order valence-corrected chi connectivity index (χ2v) is 4.01. The average Bonchev–Trinajstić information content (AvgIpc) is 2.36. The molecule has 0 saturated heterocycles. The number of fused-ring (bicyclic) bond motifs is 1. The maximum Gasteiger partial charge on any atom is 1.00 e. The number of carbonyl (C=O) groups is 1. The number of carbonyl (C=O) groups excluding carboxylic acids is 1. The zero-order chi connectivity index (χ0) is 12.4. The van der Waals surface area contributed by atoms with Crippen LogP contribution in [0.1, 0.15) is 18.4 Å². The smallest absolute Gasteiger partial charge is 0.550 e. The maximum absolute atomic E-state index is 10.8. The first-order chi connectivity index (χ1) is 8.11. The number of carboxylic acids is 1. The van der Waals surface area contributed by atoms with E-state index in [1.807, 2.05) is 36.4 Å². The van der Waals surface area contributed by atoms with Gasteiger partial charge in [0.1, 0.15) is 5.75 Å². The summed E-state index contributed by atoms with van der Waals surface area (Å²) in [4.78, 5) is 10.8. The molecule has 96 valence electrons. The van der Waals surface area contributed by atoms with Gasteiger partial charge in [-0.05, 0) is 28.5 Å². The largest absolute Gasteiger partial charge is 1.00 e. The maximum atomic E-state index is 10.8. The molecule has 4 nitrogen and oxygen atoms in total.